The van der Waals surface area contributed by atoms with E-state index in [0.29, 0.717) is 11.0 Å². The van der Waals surface area contributed by atoms with Gasteiger partial charge in [-0.3, -0.25) is 0 Å². The highest BCUT2D eigenvalue weighted by atomic mass is 79.9. The van der Waals surface area contributed by atoms with Crippen molar-refractivity contribution in [2.75, 3.05) is 0 Å². The number of alkyl halides is 1. The minimum atomic E-state index is -0.0969. The number of benzene rings is 1. The first-order chi connectivity index (χ1) is 8.86. The van der Waals surface area contributed by atoms with E-state index in [2.05, 4.69) is 41.8 Å². The van der Waals surface area contributed by atoms with Crippen LogP contribution in [-0.4, -0.2) is 9.78 Å². The molecule has 19 heavy (non-hydrogen) atoms. The summed E-state index contributed by atoms with van der Waals surface area (Å²) in [4.78, 5) is 0. The Kier molecular flexibility index (Phi) is 4.29. The van der Waals surface area contributed by atoms with Crippen LogP contribution in [0, 0.1) is 0 Å². The van der Waals surface area contributed by atoms with E-state index >= 15 is 0 Å². The molecule has 0 atom stereocenters. The molecule has 0 N–H and O–H groups in total. The molecule has 0 spiro atoms. The largest absolute Gasteiger partial charge is 0.220 e. The van der Waals surface area contributed by atoms with Crippen LogP contribution in [0.15, 0.2) is 28.7 Å². The average Bonchev–Trinajstić information content (AvgIpc) is 2.67. The van der Waals surface area contributed by atoms with E-state index in [1.54, 1.807) is 4.68 Å². The zero-order valence-electron chi connectivity index (χ0n) is 11.0. The minimum Gasteiger partial charge on any atom is -0.220 e. The summed E-state index contributed by atoms with van der Waals surface area (Å²) in [6.45, 7) is 6.31. The standard InChI is InChI=1S/C14H15BrCl2N2/c1-14(2,3)12-9(8-16)13(17)19(18-12)11-7-5-4-6-10(11)15/h4-7H,8H2,1-3H3. The van der Waals surface area contributed by atoms with Crippen molar-refractivity contribution in [3.8, 4) is 5.69 Å². The lowest BCUT2D eigenvalue weighted by atomic mass is 9.90. The summed E-state index contributed by atoms with van der Waals surface area (Å²) in [6.07, 6.45) is 0. The van der Waals surface area contributed by atoms with Gasteiger partial charge in [-0.1, -0.05) is 44.5 Å². The molecule has 0 aliphatic heterocycles. The molecule has 2 nitrogen and oxygen atoms in total. The van der Waals surface area contributed by atoms with Gasteiger partial charge in [-0.05, 0) is 28.1 Å². The summed E-state index contributed by atoms with van der Waals surface area (Å²) < 4.78 is 2.69. The molecule has 1 aromatic heterocycles. The second-order valence-corrected chi connectivity index (χ2v) is 6.84. The Balaban J connectivity index is 2.67. The van der Waals surface area contributed by atoms with Crippen LogP contribution < -0.4 is 0 Å². The molecule has 0 radical (unpaired) electrons. The lowest BCUT2D eigenvalue weighted by Crippen LogP contribution is -2.14. The number of nitrogens with zero attached hydrogens (tertiary/aromatic N) is 2. The van der Waals surface area contributed by atoms with Crippen LogP contribution in [-0.2, 0) is 11.3 Å². The molecule has 0 fully saturated rings. The smallest absolute Gasteiger partial charge is 0.137 e. The number of aromatic nitrogens is 2. The van der Waals surface area contributed by atoms with Gasteiger partial charge in [-0.25, -0.2) is 4.68 Å². The van der Waals surface area contributed by atoms with Crippen LogP contribution in [0.4, 0.5) is 0 Å². The van der Waals surface area contributed by atoms with Gasteiger partial charge in [-0.15, -0.1) is 11.6 Å². The zero-order chi connectivity index (χ0) is 14.2. The molecule has 2 rings (SSSR count). The van der Waals surface area contributed by atoms with Crippen molar-refractivity contribution < 1.29 is 0 Å². The van der Waals surface area contributed by atoms with Gasteiger partial charge in [0.25, 0.3) is 0 Å². The maximum absolute atomic E-state index is 6.44. The molecule has 0 amide bonds. The van der Waals surface area contributed by atoms with E-state index in [0.717, 1.165) is 21.4 Å². The SMILES string of the molecule is CC(C)(C)c1nn(-c2ccccc2Br)c(Cl)c1CCl. The molecule has 0 unspecified atom stereocenters. The normalized spacial score (nSPS) is 11.9. The third-order valence-electron chi connectivity index (χ3n) is 2.85. The Morgan fingerprint density at radius 2 is 1.89 bits per heavy atom. The number of hydrogen-bond acceptors (Lipinski definition) is 1. The molecule has 2 aromatic rings. The third-order valence-corrected chi connectivity index (χ3v) is 4.17. The second kappa shape index (κ2) is 5.47. The first-order valence-electron chi connectivity index (χ1n) is 5.95. The van der Waals surface area contributed by atoms with Gasteiger partial charge >= 0.3 is 0 Å². The van der Waals surface area contributed by atoms with Crippen molar-refractivity contribution in [2.45, 2.75) is 32.1 Å². The van der Waals surface area contributed by atoms with E-state index < -0.39 is 0 Å². The van der Waals surface area contributed by atoms with Crippen molar-refractivity contribution in [3.05, 3.63) is 45.1 Å². The third kappa shape index (κ3) is 2.83. The number of hydrogen-bond donors (Lipinski definition) is 0. The van der Waals surface area contributed by atoms with Crippen LogP contribution in [0.5, 0.6) is 0 Å². The maximum atomic E-state index is 6.44. The number of rotatable bonds is 2. The molecular weight excluding hydrogens is 347 g/mol. The molecule has 102 valence electrons. The Morgan fingerprint density at radius 1 is 1.26 bits per heavy atom. The summed E-state index contributed by atoms with van der Waals surface area (Å²) >= 11 is 16.0. The van der Waals surface area contributed by atoms with Crippen molar-refractivity contribution >= 4 is 39.1 Å². The topological polar surface area (TPSA) is 17.8 Å². The fraction of sp³-hybridized carbons (Fsp3) is 0.357. The van der Waals surface area contributed by atoms with Crippen LogP contribution in [0.1, 0.15) is 32.0 Å². The van der Waals surface area contributed by atoms with Gasteiger partial charge in [0.05, 0.1) is 17.3 Å². The Bertz CT molecular complexity index is 600. The van der Waals surface area contributed by atoms with Crippen LogP contribution in [0.2, 0.25) is 5.15 Å². The Hall–Kier alpha value is -0.510. The lowest BCUT2D eigenvalue weighted by molar-refractivity contribution is 0.556. The number of halogens is 3. The van der Waals surface area contributed by atoms with Crippen molar-refractivity contribution in [2.24, 2.45) is 0 Å². The van der Waals surface area contributed by atoms with E-state index in [1.165, 1.54) is 0 Å². The second-order valence-electron chi connectivity index (χ2n) is 5.36. The van der Waals surface area contributed by atoms with Crippen LogP contribution >= 0.6 is 39.1 Å². The summed E-state index contributed by atoms with van der Waals surface area (Å²) in [5.74, 6) is 0.357. The molecule has 0 saturated carbocycles. The highest BCUT2D eigenvalue weighted by Crippen LogP contribution is 2.34. The predicted octanol–water partition coefficient (Wildman–Crippen LogP) is 5.32. The first kappa shape index (κ1) is 14.9. The average molecular weight is 362 g/mol. The monoisotopic (exact) mass is 360 g/mol. The number of para-hydroxylation sites is 1. The summed E-state index contributed by atoms with van der Waals surface area (Å²) in [5.41, 5.74) is 2.64. The molecule has 0 bridgehead atoms. The highest BCUT2D eigenvalue weighted by Gasteiger charge is 2.26. The van der Waals surface area contributed by atoms with Gasteiger partial charge in [0, 0.05) is 15.5 Å². The highest BCUT2D eigenvalue weighted by molar-refractivity contribution is 9.10. The molecule has 5 heteroatoms. The first-order valence-corrected chi connectivity index (χ1v) is 7.65. The van der Waals surface area contributed by atoms with E-state index in [4.69, 9.17) is 23.2 Å². The van der Waals surface area contributed by atoms with Crippen molar-refractivity contribution in [1.82, 2.24) is 9.78 Å². The molecule has 0 saturated heterocycles. The van der Waals surface area contributed by atoms with E-state index in [-0.39, 0.29) is 5.41 Å². The van der Waals surface area contributed by atoms with Crippen molar-refractivity contribution in [1.29, 1.82) is 0 Å². The van der Waals surface area contributed by atoms with Gasteiger partial charge in [0.15, 0.2) is 0 Å². The Labute approximate surface area is 131 Å². The minimum absolute atomic E-state index is 0.0969. The molecule has 0 aliphatic rings. The fourth-order valence-corrected chi connectivity index (χ4v) is 2.99. The van der Waals surface area contributed by atoms with Crippen molar-refractivity contribution in [3.63, 3.8) is 0 Å². The van der Waals surface area contributed by atoms with Gasteiger partial charge < -0.3 is 0 Å². The Morgan fingerprint density at radius 3 is 2.37 bits per heavy atom. The summed E-state index contributed by atoms with van der Waals surface area (Å²) in [6, 6.07) is 7.84. The van der Waals surface area contributed by atoms with Gasteiger partial charge in [0.1, 0.15) is 5.15 Å². The predicted molar refractivity (Wildman–Crippen MR) is 84.5 cm³/mol. The van der Waals surface area contributed by atoms with Crippen LogP contribution in [0.25, 0.3) is 5.69 Å². The van der Waals surface area contributed by atoms with Gasteiger partial charge in [0.2, 0.25) is 0 Å². The zero-order valence-corrected chi connectivity index (χ0v) is 14.1. The summed E-state index contributed by atoms with van der Waals surface area (Å²) in [5, 5.41) is 5.23. The van der Waals surface area contributed by atoms with E-state index in [1.807, 2.05) is 24.3 Å². The lowest BCUT2D eigenvalue weighted by Gasteiger charge is -2.16. The molecular formula is C14H15BrCl2N2. The fourth-order valence-electron chi connectivity index (χ4n) is 1.93. The molecule has 0 aliphatic carbocycles. The van der Waals surface area contributed by atoms with Crippen LogP contribution in [0.3, 0.4) is 0 Å². The molecule has 1 heterocycles. The quantitative estimate of drug-likeness (QED) is 0.661. The maximum Gasteiger partial charge on any atom is 0.137 e. The van der Waals surface area contributed by atoms with Gasteiger partial charge in [-0.2, -0.15) is 5.10 Å². The molecule has 1 aromatic carbocycles. The summed E-state index contributed by atoms with van der Waals surface area (Å²) in [7, 11) is 0. The van der Waals surface area contributed by atoms with E-state index in [9.17, 15) is 0 Å².